The smallest absolute Gasteiger partial charge is 0.415 e. The van der Waals surface area contributed by atoms with Crippen molar-refractivity contribution in [2.24, 2.45) is 5.92 Å². The highest BCUT2D eigenvalue weighted by Crippen LogP contribution is 2.38. The largest absolute Gasteiger partial charge is 0.444 e. The molecule has 2 N–H and O–H groups in total. The Bertz CT molecular complexity index is 987. The first-order valence-corrected chi connectivity index (χ1v) is 12.7. The summed E-state index contributed by atoms with van der Waals surface area (Å²) in [6, 6.07) is 9.61. The van der Waals surface area contributed by atoms with Crippen molar-refractivity contribution in [2.45, 2.75) is 58.2 Å². The van der Waals surface area contributed by atoms with E-state index in [0.717, 1.165) is 37.7 Å². The molecule has 8 heteroatoms. The van der Waals surface area contributed by atoms with Gasteiger partial charge in [-0.25, -0.2) is 9.78 Å². The van der Waals surface area contributed by atoms with Crippen molar-refractivity contribution in [3.05, 3.63) is 47.2 Å². The molecule has 1 aromatic carbocycles. The fourth-order valence-corrected chi connectivity index (χ4v) is 5.02. The number of hydrogen-bond acceptors (Lipinski definition) is 7. The number of hydrogen-bond donors (Lipinski definition) is 2. The van der Waals surface area contributed by atoms with E-state index in [-0.39, 0.29) is 18.7 Å². The van der Waals surface area contributed by atoms with Crippen LogP contribution < -0.4 is 15.5 Å². The maximum Gasteiger partial charge on any atom is 0.415 e. The van der Waals surface area contributed by atoms with Gasteiger partial charge in [0.2, 0.25) is 5.95 Å². The van der Waals surface area contributed by atoms with E-state index in [0.29, 0.717) is 24.4 Å². The fourth-order valence-electron chi connectivity index (χ4n) is 5.02. The number of fused-ring (bicyclic) bond motifs is 1. The number of aromatic nitrogens is 2. The highest BCUT2D eigenvalue weighted by atomic mass is 16.6. The molecule has 1 aromatic heterocycles. The van der Waals surface area contributed by atoms with Crippen LogP contribution in [0.4, 0.5) is 16.6 Å². The molecular weight excluding hydrogens is 428 g/mol. The van der Waals surface area contributed by atoms with Gasteiger partial charge in [-0.3, -0.25) is 9.80 Å². The van der Waals surface area contributed by atoms with Gasteiger partial charge in [-0.1, -0.05) is 37.1 Å². The number of amides is 1. The molecule has 1 aliphatic carbocycles. The summed E-state index contributed by atoms with van der Waals surface area (Å²) in [5.41, 5.74) is 3.44. The Hall–Kier alpha value is -2.71. The van der Waals surface area contributed by atoms with Crippen LogP contribution in [0.25, 0.3) is 0 Å². The first kappa shape index (κ1) is 23.1. The molecule has 2 fully saturated rings. The van der Waals surface area contributed by atoms with Crippen LogP contribution in [0.1, 0.15) is 68.3 Å². The zero-order valence-corrected chi connectivity index (χ0v) is 20.3. The highest BCUT2D eigenvalue weighted by molar-refractivity contribution is 5.89. The number of carbonyl (C=O) groups is 1. The van der Waals surface area contributed by atoms with Gasteiger partial charge in [-0.15, -0.1) is 0 Å². The third-order valence-corrected chi connectivity index (χ3v) is 7.29. The minimum Gasteiger partial charge on any atom is -0.444 e. The molecule has 1 saturated heterocycles. The summed E-state index contributed by atoms with van der Waals surface area (Å²) in [4.78, 5) is 25.3. The summed E-state index contributed by atoms with van der Waals surface area (Å²) in [5, 5.41) is 6.89. The van der Waals surface area contributed by atoms with E-state index in [9.17, 15) is 4.79 Å². The van der Waals surface area contributed by atoms with Crippen LogP contribution in [-0.4, -0.2) is 53.7 Å². The van der Waals surface area contributed by atoms with Crippen molar-refractivity contribution in [2.75, 3.05) is 42.9 Å². The predicted octanol–water partition coefficient (Wildman–Crippen LogP) is 4.26. The second kappa shape index (κ2) is 10.3. The first-order chi connectivity index (χ1) is 16.6. The van der Waals surface area contributed by atoms with Crippen LogP contribution in [0.5, 0.6) is 0 Å². The molecule has 0 spiro atoms. The molecule has 2 aromatic rings. The Labute approximate surface area is 202 Å². The third-order valence-electron chi connectivity index (χ3n) is 7.29. The Morgan fingerprint density at radius 3 is 2.62 bits per heavy atom. The average Bonchev–Trinajstić information content (AvgIpc) is 3.70. The lowest BCUT2D eigenvalue weighted by molar-refractivity contribution is 0.141. The van der Waals surface area contributed by atoms with Crippen LogP contribution in [0.15, 0.2) is 30.5 Å². The van der Waals surface area contributed by atoms with E-state index >= 15 is 0 Å². The normalized spacial score (nSPS) is 20.4. The lowest BCUT2D eigenvalue weighted by Gasteiger charge is -2.35. The number of piperazine rings is 1. The third kappa shape index (κ3) is 5.18. The number of carbonyl (C=O) groups excluding carboxylic acids is 1. The van der Waals surface area contributed by atoms with E-state index in [1.54, 1.807) is 11.1 Å². The molecule has 1 saturated carbocycles. The van der Waals surface area contributed by atoms with E-state index in [1.807, 2.05) is 6.92 Å². The average molecular weight is 465 g/mol. The monoisotopic (exact) mass is 464 g/mol. The van der Waals surface area contributed by atoms with E-state index in [1.165, 1.54) is 36.8 Å². The summed E-state index contributed by atoms with van der Waals surface area (Å²) in [5.74, 6) is 2.11. The molecule has 1 amide bonds. The maximum absolute atomic E-state index is 12.0. The Morgan fingerprint density at radius 1 is 1.18 bits per heavy atom. The van der Waals surface area contributed by atoms with Crippen LogP contribution >= 0.6 is 0 Å². The van der Waals surface area contributed by atoms with Crippen molar-refractivity contribution < 1.29 is 9.53 Å². The second-order valence-electron chi connectivity index (χ2n) is 9.70. The van der Waals surface area contributed by atoms with Gasteiger partial charge in [-0.05, 0) is 43.7 Å². The quantitative estimate of drug-likeness (QED) is 0.574. The molecule has 3 heterocycles. The molecule has 2 aliphatic heterocycles. The number of benzene rings is 1. The van der Waals surface area contributed by atoms with Gasteiger partial charge in [0.15, 0.2) is 0 Å². The van der Waals surface area contributed by atoms with Crippen molar-refractivity contribution in [1.29, 1.82) is 0 Å². The lowest BCUT2D eigenvalue weighted by atomic mass is 9.96. The topological polar surface area (TPSA) is 82.6 Å². The molecule has 182 valence electrons. The Kier molecular flexibility index (Phi) is 6.97. The number of anilines is 2. The van der Waals surface area contributed by atoms with Crippen molar-refractivity contribution in [3.8, 4) is 0 Å². The summed E-state index contributed by atoms with van der Waals surface area (Å²) < 4.78 is 5.19. The molecule has 3 aliphatic rings. The molecular formula is C26H36N6O2. The molecule has 34 heavy (non-hydrogen) atoms. The standard InChI is InChI=1S/C26H36N6O2/c1-3-32-24-22(17-34-26(32)33)16-28-25(30-24)29-18(2)20-7-9-21(10-8-20)23(11-6-19-4-5-19)31-14-12-27-13-15-31/h7-10,16,18-19,23,27H,3-6,11-15,17H2,1-2H3,(H,28,29,30)/t18-,23+/m0/s1. The SMILES string of the molecule is CCN1C(=O)OCc2cnc(N[C@@H](C)c3ccc([C@@H](CCC4CC4)N4CCNCC4)cc3)nc21. The van der Waals surface area contributed by atoms with Gasteiger partial charge in [0.05, 0.1) is 11.6 Å². The molecule has 8 nitrogen and oxygen atoms in total. The highest BCUT2D eigenvalue weighted by Gasteiger charge is 2.28. The Morgan fingerprint density at radius 2 is 1.91 bits per heavy atom. The van der Waals surface area contributed by atoms with Gasteiger partial charge in [-0.2, -0.15) is 4.98 Å². The number of nitrogens with one attached hydrogen (secondary N) is 2. The van der Waals surface area contributed by atoms with Gasteiger partial charge >= 0.3 is 6.09 Å². The minimum atomic E-state index is -0.357. The van der Waals surface area contributed by atoms with E-state index in [4.69, 9.17) is 4.74 Å². The van der Waals surface area contributed by atoms with Crippen molar-refractivity contribution >= 4 is 17.9 Å². The van der Waals surface area contributed by atoms with Gasteiger partial charge in [0, 0.05) is 45.0 Å². The number of ether oxygens (including phenoxy) is 1. The zero-order chi connectivity index (χ0) is 23.5. The Balaban J connectivity index is 1.28. The minimum absolute atomic E-state index is 0.0434. The first-order valence-electron chi connectivity index (χ1n) is 12.7. The second-order valence-corrected chi connectivity index (χ2v) is 9.70. The van der Waals surface area contributed by atoms with Crippen LogP contribution in [0.3, 0.4) is 0 Å². The molecule has 2 atom stereocenters. The maximum atomic E-state index is 12.0. The van der Waals surface area contributed by atoms with Crippen molar-refractivity contribution in [1.82, 2.24) is 20.2 Å². The van der Waals surface area contributed by atoms with E-state index in [2.05, 4.69) is 56.7 Å². The van der Waals surface area contributed by atoms with E-state index < -0.39 is 0 Å². The summed E-state index contributed by atoms with van der Waals surface area (Å²) in [6.07, 6.45) is 6.80. The summed E-state index contributed by atoms with van der Waals surface area (Å²) in [6.45, 7) is 9.14. The summed E-state index contributed by atoms with van der Waals surface area (Å²) >= 11 is 0. The van der Waals surface area contributed by atoms with Crippen LogP contribution in [0.2, 0.25) is 0 Å². The van der Waals surface area contributed by atoms with Crippen molar-refractivity contribution in [3.63, 3.8) is 0 Å². The van der Waals surface area contributed by atoms with Crippen LogP contribution in [0, 0.1) is 5.92 Å². The summed E-state index contributed by atoms with van der Waals surface area (Å²) in [7, 11) is 0. The number of nitrogens with zero attached hydrogens (tertiary/aromatic N) is 4. The number of rotatable bonds is 9. The predicted molar refractivity (Wildman–Crippen MR) is 133 cm³/mol. The molecule has 0 unspecified atom stereocenters. The lowest BCUT2D eigenvalue weighted by Crippen LogP contribution is -2.45. The molecule has 0 bridgehead atoms. The zero-order valence-electron chi connectivity index (χ0n) is 20.3. The van der Waals surface area contributed by atoms with Gasteiger partial charge < -0.3 is 15.4 Å². The molecule has 0 radical (unpaired) electrons. The van der Waals surface area contributed by atoms with Gasteiger partial charge in [0.1, 0.15) is 12.4 Å². The fraction of sp³-hybridized carbons (Fsp3) is 0.577. The number of cyclic esters (lactones) is 1. The van der Waals surface area contributed by atoms with Gasteiger partial charge in [0.25, 0.3) is 0 Å². The molecule has 5 rings (SSSR count). The van der Waals surface area contributed by atoms with Crippen LogP contribution in [-0.2, 0) is 11.3 Å².